The summed E-state index contributed by atoms with van der Waals surface area (Å²) in [5, 5.41) is 1.05. The van der Waals surface area contributed by atoms with Crippen LogP contribution in [-0.2, 0) is 6.54 Å². The normalized spacial score (nSPS) is 11.0. The topological polar surface area (TPSA) is 35.1 Å². The Balaban J connectivity index is 2.05. The van der Waals surface area contributed by atoms with E-state index in [0.29, 0.717) is 6.54 Å². The highest BCUT2D eigenvalue weighted by molar-refractivity contribution is 6.01. The number of nitrogens with zero attached hydrogens (tertiary/aromatic N) is 1. The molecule has 4 aromatic rings. The average molecular weight is 315 g/mol. The van der Waals surface area contributed by atoms with E-state index < -0.39 is 0 Å². The molecule has 0 amide bonds. The van der Waals surface area contributed by atoms with Gasteiger partial charge in [-0.05, 0) is 19.1 Å². The minimum Gasteiger partial charge on any atom is -0.455 e. The molecular formula is C21H17NO2. The first-order valence-corrected chi connectivity index (χ1v) is 8.05. The molecule has 3 heteroatoms. The number of aryl methyl sites for hydroxylation is 1. The lowest BCUT2D eigenvalue weighted by Crippen LogP contribution is -2.16. The number of para-hydroxylation sites is 1. The first-order valence-electron chi connectivity index (χ1n) is 8.05. The second-order valence-electron chi connectivity index (χ2n) is 5.71. The third-order valence-electron chi connectivity index (χ3n) is 4.24. The standard InChI is InChI=1S/C21H17NO2/c1-2-22-14-16(12-13-19(22)23)20-17-10-6-7-11-18(17)24-21(20)15-8-4-3-5-9-15/h3-14H,2H2,1H3. The van der Waals surface area contributed by atoms with E-state index in [9.17, 15) is 4.79 Å². The van der Waals surface area contributed by atoms with Crippen molar-refractivity contribution in [1.82, 2.24) is 4.57 Å². The second kappa shape index (κ2) is 5.85. The van der Waals surface area contributed by atoms with E-state index in [1.165, 1.54) is 0 Å². The summed E-state index contributed by atoms with van der Waals surface area (Å²) < 4.78 is 7.87. The Kier molecular flexibility index (Phi) is 3.54. The second-order valence-corrected chi connectivity index (χ2v) is 5.71. The molecule has 0 saturated heterocycles. The fraction of sp³-hybridized carbons (Fsp3) is 0.0952. The molecular weight excluding hydrogens is 298 g/mol. The van der Waals surface area contributed by atoms with Crippen LogP contribution in [0.5, 0.6) is 0 Å². The van der Waals surface area contributed by atoms with Crippen LogP contribution in [0.15, 0.2) is 82.1 Å². The van der Waals surface area contributed by atoms with E-state index in [1.807, 2.05) is 67.7 Å². The Morgan fingerprint density at radius 2 is 1.62 bits per heavy atom. The van der Waals surface area contributed by atoms with E-state index in [1.54, 1.807) is 10.6 Å². The summed E-state index contributed by atoms with van der Waals surface area (Å²) in [4.78, 5) is 11.9. The molecule has 24 heavy (non-hydrogen) atoms. The SMILES string of the molecule is CCn1cc(-c2c(-c3ccccc3)oc3ccccc23)ccc1=O. The first kappa shape index (κ1) is 14.5. The number of hydrogen-bond donors (Lipinski definition) is 0. The number of aromatic nitrogens is 1. The number of hydrogen-bond acceptors (Lipinski definition) is 2. The molecule has 4 rings (SSSR count). The number of rotatable bonds is 3. The largest absolute Gasteiger partial charge is 0.455 e. The summed E-state index contributed by atoms with van der Waals surface area (Å²) in [7, 11) is 0. The highest BCUT2D eigenvalue weighted by atomic mass is 16.3. The monoisotopic (exact) mass is 315 g/mol. The quantitative estimate of drug-likeness (QED) is 0.536. The molecule has 0 saturated carbocycles. The third kappa shape index (κ3) is 2.35. The van der Waals surface area contributed by atoms with Crippen molar-refractivity contribution in [2.24, 2.45) is 0 Å². The van der Waals surface area contributed by atoms with Gasteiger partial charge in [0.05, 0.1) is 0 Å². The number of benzene rings is 2. The van der Waals surface area contributed by atoms with Crippen molar-refractivity contribution >= 4 is 11.0 Å². The van der Waals surface area contributed by atoms with Gasteiger partial charge in [0, 0.05) is 40.9 Å². The fourth-order valence-electron chi connectivity index (χ4n) is 3.05. The highest BCUT2D eigenvalue weighted by Crippen LogP contribution is 2.40. The third-order valence-corrected chi connectivity index (χ3v) is 4.24. The van der Waals surface area contributed by atoms with Crippen LogP contribution < -0.4 is 5.56 Å². The van der Waals surface area contributed by atoms with Crippen LogP contribution in [0.3, 0.4) is 0 Å². The Labute approximate surface area is 139 Å². The van der Waals surface area contributed by atoms with E-state index >= 15 is 0 Å². The Hall–Kier alpha value is -3.07. The number of pyridine rings is 1. The first-order chi connectivity index (χ1) is 11.8. The van der Waals surface area contributed by atoms with Crippen molar-refractivity contribution in [2.75, 3.05) is 0 Å². The lowest BCUT2D eigenvalue weighted by molar-refractivity contribution is 0.632. The van der Waals surface area contributed by atoms with Crippen LogP contribution in [0.25, 0.3) is 33.4 Å². The molecule has 0 fully saturated rings. The summed E-state index contributed by atoms with van der Waals surface area (Å²) in [6, 6.07) is 21.6. The van der Waals surface area contributed by atoms with Gasteiger partial charge in [-0.15, -0.1) is 0 Å². The van der Waals surface area contributed by atoms with E-state index in [0.717, 1.165) is 33.4 Å². The molecule has 3 nitrogen and oxygen atoms in total. The zero-order chi connectivity index (χ0) is 16.5. The van der Waals surface area contributed by atoms with Gasteiger partial charge in [-0.2, -0.15) is 0 Å². The van der Waals surface area contributed by atoms with Gasteiger partial charge in [0.25, 0.3) is 5.56 Å². The molecule has 2 aromatic carbocycles. The molecule has 2 heterocycles. The van der Waals surface area contributed by atoms with E-state index in [2.05, 4.69) is 6.07 Å². The van der Waals surface area contributed by atoms with Crippen LogP contribution in [0, 0.1) is 0 Å². The summed E-state index contributed by atoms with van der Waals surface area (Å²) >= 11 is 0. The lowest BCUT2D eigenvalue weighted by atomic mass is 10.00. The van der Waals surface area contributed by atoms with E-state index in [4.69, 9.17) is 4.42 Å². The summed E-state index contributed by atoms with van der Waals surface area (Å²) in [5.74, 6) is 0.832. The van der Waals surface area contributed by atoms with Crippen LogP contribution in [0.4, 0.5) is 0 Å². The molecule has 0 N–H and O–H groups in total. The molecule has 0 aliphatic carbocycles. The molecule has 0 bridgehead atoms. The lowest BCUT2D eigenvalue weighted by Gasteiger charge is -2.07. The van der Waals surface area contributed by atoms with Gasteiger partial charge in [-0.25, -0.2) is 0 Å². The molecule has 0 atom stereocenters. The summed E-state index contributed by atoms with van der Waals surface area (Å²) in [6.07, 6.45) is 1.91. The molecule has 0 unspecified atom stereocenters. The summed E-state index contributed by atoms with van der Waals surface area (Å²) in [5.41, 5.74) is 3.90. The van der Waals surface area contributed by atoms with Crippen LogP contribution in [0.1, 0.15) is 6.92 Å². The fourth-order valence-corrected chi connectivity index (χ4v) is 3.05. The van der Waals surface area contributed by atoms with E-state index in [-0.39, 0.29) is 5.56 Å². The van der Waals surface area contributed by atoms with Crippen molar-refractivity contribution in [3.8, 4) is 22.5 Å². The summed E-state index contributed by atoms with van der Waals surface area (Å²) in [6.45, 7) is 2.61. The Bertz CT molecular complexity index is 1060. The maximum atomic E-state index is 11.9. The zero-order valence-electron chi connectivity index (χ0n) is 13.4. The minimum absolute atomic E-state index is 0.00955. The molecule has 118 valence electrons. The van der Waals surface area contributed by atoms with Gasteiger partial charge >= 0.3 is 0 Å². The predicted molar refractivity (Wildman–Crippen MR) is 97.0 cm³/mol. The van der Waals surface area contributed by atoms with Gasteiger partial charge < -0.3 is 8.98 Å². The molecule has 0 aliphatic heterocycles. The molecule has 0 radical (unpaired) electrons. The maximum absolute atomic E-state index is 11.9. The number of furan rings is 1. The van der Waals surface area contributed by atoms with Crippen LogP contribution in [0.2, 0.25) is 0 Å². The maximum Gasteiger partial charge on any atom is 0.250 e. The van der Waals surface area contributed by atoms with Gasteiger partial charge in [0.15, 0.2) is 0 Å². The Morgan fingerprint density at radius 1 is 0.875 bits per heavy atom. The smallest absolute Gasteiger partial charge is 0.250 e. The average Bonchev–Trinajstić information content (AvgIpc) is 3.02. The van der Waals surface area contributed by atoms with Gasteiger partial charge in [-0.3, -0.25) is 4.79 Å². The van der Waals surface area contributed by atoms with Gasteiger partial charge in [0.2, 0.25) is 0 Å². The van der Waals surface area contributed by atoms with Crippen LogP contribution in [-0.4, -0.2) is 4.57 Å². The molecule has 0 aliphatic rings. The zero-order valence-corrected chi connectivity index (χ0v) is 13.4. The van der Waals surface area contributed by atoms with Gasteiger partial charge in [-0.1, -0.05) is 48.5 Å². The van der Waals surface area contributed by atoms with Crippen molar-refractivity contribution in [1.29, 1.82) is 0 Å². The highest BCUT2D eigenvalue weighted by Gasteiger charge is 2.17. The predicted octanol–water partition coefficient (Wildman–Crippen LogP) is 4.95. The van der Waals surface area contributed by atoms with Crippen molar-refractivity contribution in [2.45, 2.75) is 13.5 Å². The van der Waals surface area contributed by atoms with Crippen LogP contribution >= 0.6 is 0 Å². The van der Waals surface area contributed by atoms with Gasteiger partial charge in [0.1, 0.15) is 11.3 Å². The minimum atomic E-state index is 0.00955. The van der Waals surface area contributed by atoms with Crippen molar-refractivity contribution in [3.63, 3.8) is 0 Å². The molecule has 0 spiro atoms. The number of fused-ring (bicyclic) bond motifs is 1. The molecule has 2 aromatic heterocycles. The van der Waals surface area contributed by atoms with Crippen molar-refractivity contribution < 1.29 is 4.42 Å². The van der Waals surface area contributed by atoms with Crippen molar-refractivity contribution in [3.05, 3.63) is 83.3 Å². The Morgan fingerprint density at radius 3 is 2.42 bits per heavy atom.